The molecule has 0 saturated heterocycles. The number of aliphatic hydroxyl groups is 1. The summed E-state index contributed by atoms with van der Waals surface area (Å²) in [4.78, 5) is 27.4. The van der Waals surface area contributed by atoms with Crippen molar-refractivity contribution in [2.75, 3.05) is 30.3 Å². The van der Waals surface area contributed by atoms with Crippen molar-refractivity contribution >= 4 is 36.2 Å². The molecule has 0 saturated carbocycles. The molecule has 0 radical (unpaired) electrons. The Labute approximate surface area is 235 Å². The van der Waals surface area contributed by atoms with Crippen LogP contribution in [0.2, 0.25) is 18.1 Å². The smallest absolute Gasteiger partial charge is 0.428 e. The second-order valence-electron chi connectivity index (χ2n) is 11.6. The highest BCUT2D eigenvalue weighted by atomic mass is 32.2. The fraction of sp³-hybridized carbons (Fsp3) is 0.704. The van der Waals surface area contributed by atoms with Crippen molar-refractivity contribution in [2.45, 2.75) is 97.8 Å². The Bertz CT molecular complexity index is 1050. The Balaban J connectivity index is 3.65. The molecule has 1 rings (SSSR count). The zero-order valence-corrected chi connectivity index (χ0v) is 27.1. The van der Waals surface area contributed by atoms with Gasteiger partial charge in [-0.1, -0.05) is 32.9 Å². The summed E-state index contributed by atoms with van der Waals surface area (Å²) < 4.78 is 43.8. The first kappa shape index (κ1) is 34.9. The van der Waals surface area contributed by atoms with Gasteiger partial charge >= 0.3 is 12.2 Å². The summed E-state index contributed by atoms with van der Waals surface area (Å²) in [7, 11) is -6.27. The molecule has 2 amide bonds. The number of benzene rings is 1. The van der Waals surface area contributed by atoms with E-state index in [1.54, 1.807) is 59.7 Å². The zero-order valence-electron chi connectivity index (χ0n) is 25.2. The van der Waals surface area contributed by atoms with Crippen LogP contribution in [0, 0.1) is 0 Å². The lowest BCUT2D eigenvalue weighted by molar-refractivity contribution is 0.0123. The second kappa shape index (κ2) is 14.0. The highest BCUT2D eigenvalue weighted by Gasteiger charge is 2.36. The lowest BCUT2D eigenvalue weighted by atomic mass is 10.1. The van der Waals surface area contributed by atoms with Crippen molar-refractivity contribution in [3.05, 3.63) is 29.8 Å². The molecule has 0 fully saturated rings. The van der Waals surface area contributed by atoms with Gasteiger partial charge in [0.1, 0.15) is 11.2 Å². The van der Waals surface area contributed by atoms with Crippen LogP contribution in [0.15, 0.2) is 24.3 Å². The van der Waals surface area contributed by atoms with Crippen LogP contribution in [0.25, 0.3) is 0 Å². The topological polar surface area (TPSA) is 123 Å². The van der Waals surface area contributed by atoms with Gasteiger partial charge in [-0.25, -0.2) is 18.0 Å². The first-order valence-corrected chi connectivity index (χ1v) is 17.8. The van der Waals surface area contributed by atoms with E-state index < -0.39 is 47.8 Å². The molecule has 10 nitrogen and oxygen atoms in total. The van der Waals surface area contributed by atoms with E-state index in [9.17, 15) is 23.1 Å². The number of hydrogen-bond donors (Lipinski definition) is 1. The van der Waals surface area contributed by atoms with Crippen molar-refractivity contribution < 1.29 is 37.0 Å². The van der Waals surface area contributed by atoms with E-state index in [0.29, 0.717) is 9.87 Å². The minimum Gasteiger partial charge on any atom is -0.444 e. The maximum absolute atomic E-state index is 13.0. The number of ether oxygens (including phenoxy) is 2. The van der Waals surface area contributed by atoms with Crippen LogP contribution in [0.5, 0.6) is 0 Å². The summed E-state index contributed by atoms with van der Waals surface area (Å²) in [5.74, 6) is 0. The van der Waals surface area contributed by atoms with Gasteiger partial charge in [0.15, 0.2) is 8.32 Å². The van der Waals surface area contributed by atoms with Crippen LogP contribution >= 0.6 is 0 Å². The molecule has 1 aromatic rings. The molecule has 0 aliphatic carbocycles. The van der Waals surface area contributed by atoms with Gasteiger partial charge < -0.3 is 23.9 Å². The summed E-state index contributed by atoms with van der Waals surface area (Å²) in [6, 6.07) is 9.02. The number of rotatable bonds is 12. The average molecular weight is 589 g/mol. The molecule has 0 aliphatic heterocycles. The van der Waals surface area contributed by atoms with Gasteiger partial charge in [0, 0.05) is 6.54 Å². The first-order chi connectivity index (χ1) is 17.8. The zero-order chi connectivity index (χ0) is 30.2. The van der Waals surface area contributed by atoms with E-state index in [0.717, 1.165) is 24.4 Å². The second-order valence-corrected chi connectivity index (χ2v) is 18.2. The molecule has 0 heterocycles. The highest BCUT2D eigenvalue weighted by Crippen LogP contribution is 2.33. The Hall–Kier alpha value is -2.15. The van der Waals surface area contributed by atoms with Gasteiger partial charge in [0.05, 0.1) is 31.2 Å². The number of carbonyl (C=O) groups excluding carboxylic acids is 2. The lowest BCUT2D eigenvalue weighted by Crippen LogP contribution is -2.44. The normalized spacial score (nSPS) is 13.5. The van der Waals surface area contributed by atoms with Gasteiger partial charge in [-0.3, -0.25) is 0 Å². The molecule has 1 N–H and O–H groups in total. The molecule has 1 atom stereocenters. The van der Waals surface area contributed by atoms with E-state index >= 15 is 0 Å². The predicted octanol–water partition coefficient (Wildman–Crippen LogP) is 5.68. The Morgan fingerprint density at radius 3 is 1.90 bits per heavy atom. The van der Waals surface area contributed by atoms with Crippen molar-refractivity contribution in [1.82, 2.24) is 4.90 Å². The molecule has 224 valence electrons. The highest BCUT2D eigenvalue weighted by molar-refractivity contribution is 7.92. The van der Waals surface area contributed by atoms with Crippen LogP contribution in [-0.2, 0) is 23.9 Å². The number of hydrogen-bond acceptors (Lipinski definition) is 8. The predicted molar refractivity (Wildman–Crippen MR) is 156 cm³/mol. The lowest BCUT2D eigenvalue weighted by Gasteiger charge is -2.36. The summed E-state index contributed by atoms with van der Waals surface area (Å²) >= 11 is 0. The molecule has 1 aromatic carbocycles. The number of carbonyl (C=O) groups is 2. The third kappa shape index (κ3) is 11.1. The third-order valence-electron chi connectivity index (χ3n) is 6.10. The molecule has 0 bridgehead atoms. The Morgan fingerprint density at radius 2 is 1.46 bits per heavy atom. The quantitative estimate of drug-likeness (QED) is 0.310. The molecule has 12 heteroatoms. The van der Waals surface area contributed by atoms with Crippen molar-refractivity contribution in [3.8, 4) is 0 Å². The molecule has 0 unspecified atom stereocenters. The molecular formula is C27H48N2O8SSi. The number of nitrogens with zero attached hydrogens (tertiary/aromatic N) is 2. The van der Waals surface area contributed by atoms with Gasteiger partial charge in [-0.05, 0) is 77.4 Å². The monoisotopic (exact) mass is 588 g/mol. The fourth-order valence-electron chi connectivity index (χ4n) is 4.00. The molecule has 39 heavy (non-hydrogen) atoms. The van der Waals surface area contributed by atoms with Gasteiger partial charge in [-0.2, -0.15) is 4.31 Å². The fourth-order valence-corrected chi connectivity index (χ4v) is 7.62. The van der Waals surface area contributed by atoms with Gasteiger partial charge in [0.25, 0.3) is 0 Å². The maximum Gasteiger partial charge on any atom is 0.428 e. The number of anilines is 1. The van der Waals surface area contributed by atoms with Crippen molar-refractivity contribution in [2.24, 2.45) is 0 Å². The number of sulfonamides is 1. The van der Waals surface area contributed by atoms with Crippen molar-refractivity contribution in [3.63, 3.8) is 0 Å². The van der Waals surface area contributed by atoms with Gasteiger partial charge in [-0.15, -0.1) is 0 Å². The standard InChI is InChI=1S/C27H48N2O8SSi/c1-11-39(12-2,13-3)37-23(20-28(17-18-30)24(31)35-26(4,5)6)21-15-14-16-22(19-21)29(38(10,33)34)25(32)36-27(7,8)9/h14-16,19,23,30H,11-13,17-18,20H2,1-10H3/t23-/m0/s1. The molecular weight excluding hydrogens is 540 g/mol. The maximum atomic E-state index is 13.0. The van der Waals surface area contributed by atoms with Crippen LogP contribution in [0.1, 0.15) is 74.0 Å². The van der Waals surface area contributed by atoms with E-state index in [-0.39, 0.29) is 25.4 Å². The SMILES string of the molecule is CC[Si](CC)(CC)O[C@@H](CN(CCO)C(=O)OC(C)(C)C)c1cccc(N(C(=O)OC(C)(C)C)S(C)(=O)=O)c1. The Morgan fingerprint density at radius 1 is 0.949 bits per heavy atom. The van der Waals surface area contributed by atoms with E-state index in [4.69, 9.17) is 13.9 Å². The Kier molecular flexibility index (Phi) is 12.5. The molecule has 0 spiro atoms. The van der Waals surface area contributed by atoms with Gasteiger partial charge in [0.2, 0.25) is 10.0 Å². The van der Waals surface area contributed by atoms with Crippen molar-refractivity contribution in [1.29, 1.82) is 0 Å². The van der Waals surface area contributed by atoms with Crippen LogP contribution in [0.3, 0.4) is 0 Å². The van der Waals surface area contributed by atoms with Crippen LogP contribution in [-0.4, -0.2) is 76.1 Å². The summed E-state index contributed by atoms with van der Waals surface area (Å²) in [6.45, 7) is 16.3. The number of aliphatic hydroxyl groups excluding tert-OH is 1. The van der Waals surface area contributed by atoms with E-state index in [2.05, 4.69) is 20.8 Å². The first-order valence-electron chi connectivity index (χ1n) is 13.4. The molecule has 0 aromatic heterocycles. The largest absolute Gasteiger partial charge is 0.444 e. The number of amides is 2. The summed E-state index contributed by atoms with van der Waals surface area (Å²) in [6.07, 6.45) is -1.33. The third-order valence-corrected chi connectivity index (χ3v) is 11.8. The summed E-state index contributed by atoms with van der Waals surface area (Å²) in [5, 5.41) is 9.69. The van der Waals surface area contributed by atoms with E-state index in [1.807, 2.05) is 0 Å². The van der Waals surface area contributed by atoms with Crippen LogP contribution in [0.4, 0.5) is 15.3 Å². The molecule has 0 aliphatic rings. The van der Waals surface area contributed by atoms with Crippen LogP contribution < -0.4 is 4.31 Å². The minimum atomic E-state index is -4.04. The van der Waals surface area contributed by atoms with E-state index in [1.165, 1.54) is 11.0 Å². The minimum absolute atomic E-state index is 0.0285. The summed E-state index contributed by atoms with van der Waals surface area (Å²) in [5.41, 5.74) is -0.959. The average Bonchev–Trinajstić information content (AvgIpc) is 2.78.